The topological polar surface area (TPSA) is 51.8 Å². The lowest BCUT2D eigenvalue weighted by Gasteiger charge is -2.05. The maximum absolute atomic E-state index is 6.05. The fourth-order valence-electron chi connectivity index (χ4n) is 1.42. The highest BCUT2D eigenvalue weighted by Crippen LogP contribution is 2.30. The van der Waals surface area contributed by atoms with Crippen LogP contribution in [0.15, 0.2) is 40.5 Å². The van der Waals surface area contributed by atoms with Crippen LogP contribution in [0.5, 0.6) is 0 Å². The van der Waals surface area contributed by atoms with Crippen molar-refractivity contribution in [2.45, 2.75) is 23.5 Å². The van der Waals surface area contributed by atoms with Gasteiger partial charge in [-0.3, -0.25) is 0 Å². The van der Waals surface area contributed by atoms with E-state index in [0.29, 0.717) is 11.6 Å². The summed E-state index contributed by atoms with van der Waals surface area (Å²) in [5, 5.41) is 2.26. The van der Waals surface area contributed by atoms with Crippen LogP contribution in [0.25, 0.3) is 0 Å². The van der Waals surface area contributed by atoms with Gasteiger partial charge in [0.25, 0.3) is 0 Å². The SMILES string of the molecule is Cc1cc(CN)cc(Sc2ncccc2Cl)n1. The largest absolute Gasteiger partial charge is 0.326 e. The van der Waals surface area contributed by atoms with E-state index in [0.717, 1.165) is 21.3 Å². The summed E-state index contributed by atoms with van der Waals surface area (Å²) in [5.74, 6) is 0. The molecular weight excluding hydrogens is 254 g/mol. The van der Waals surface area contributed by atoms with Crippen molar-refractivity contribution in [3.63, 3.8) is 0 Å². The number of nitrogens with zero attached hydrogens (tertiary/aromatic N) is 2. The molecule has 0 fully saturated rings. The molecule has 17 heavy (non-hydrogen) atoms. The number of aryl methyl sites for hydroxylation is 1. The lowest BCUT2D eigenvalue weighted by molar-refractivity contribution is 0.983. The quantitative estimate of drug-likeness (QED) is 0.927. The third kappa shape index (κ3) is 3.19. The predicted octanol–water partition coefficient (Wildman–Crippen LogP) is 3.05. The van der Waals surface area contributed by atoms with Crippen molar-refractivity contribution in [1.82, 2.24) is 9.97 Å². The molecule has 88 valence electrons. The van der Waals surface area contributed by atoms with E-state index in [1.807, 2.05) is 25.1 Å². The molecule has 0 aliphatic rings. The Morgan fingerprint density at radius 1 is 1.41 bits per heavy atom. The Balaban J connectivity index is 2.30. The number of rotatable bonds is 3. The molecule has 0 spiro atoms. The summed E-state index contributed by atoms with van der Waals surface area (Å²) in [7, 11) is 0. The lowest BCUT2D eigenvalue weighted by atomic mass is 10.2. The average molecular weight is 266 g/mol. The molecule has 0 aromatic carbocycles. The molecule has 0 aliphatic heterocycles. The molecule has 0 aliphatic carbocycles. The van der Waals surface area contributed by atoms with Gasteiger partial charge in [0, 0.05) is 18.4 Å². The molecule has 3 nitrogen and oxygen atoms in total. The molecule has 0 saturated carbocycles. The summed E-state index contributed by atoms with van der Waals surface area (Å²) in [6.45, 7) is 2.45. The van der Waals surface area contributed by atoms with Gasteiger partial charge in [-0.05, 0) is 48.5 Å². The molecule has 2 aromatic heterocycles. The van der Waals surface area contributed by atoms with Gasteiger partial charge < -0.3 is 5.73 Å². The van der Waals surface area contributed by atoms with Crippen molar-refractivity contribution < 1.29 is 0 Å². The van der Waals surface area contributed by atoms with Crippen LogP contribution in [0.2, 0.25) is 5.02 Å². The first-order chi connectivity index (χ1) is 8.19. The lowest BCUT2D eigenvalue weighted by Crippen LogP contribution is -1.98. The van der Waals surface area contributed by atoms with Crippen LogP contribution in [-0.2, 0) is 6.54 Å². The first-order valence-electron chi connectivity index (χ1n) is 5.15. The van der Waals surface area contributed by atoms with Crippen LogP contribution in [0.3, 0.4) is 0 Å². The predicted molar refractivity (Wildman–Crippen MR) is 70.2 cm³/mol. The van der Waals surface area contributed by atoms with Gasteiger partial charge in [0.2, 0.25) is 0 Å². The number of halogens is 1. The maximum Gasteiger partial charge on any atom is 0.121 e. The van der Waals surface area contributed by atoms with Crippen LogP contribution in [0.1, 0.15) is 11.3 Å². The van der Waals surface area contributed by atoms with Crippen LogP contribution >= 0.6 is 23.4 Å². The Bertz CT molecular complexity index is 531. The number of nitrogens with two attached hydrogens (primary N) is 1. The summed E-state index contributed by atoms with van der Waals surface area (Å²) in [6.07, 6.45) is 1.72. The second kappa shape index (κ2) is 5.49. The highest BCUT2D eigenvalue weighted by Gasteiger charge is 2.06. The summed E-state index contributed by atoms with van der Waals surface area (Å²) >= 11 is 7.50. The highest BCUT2D eigenvalue weighted by atomic mass is 35.5. The van der Waals surface area contributed by atoms with E-state index in [1.165, 1.54) is 11.8 Å². The van der Waals surface area contributed by atoms with Crippen molar-refractivity contribution >= 4 is 23.4 Å². The average Bonchev–Trinajstić information content (AvgIpc) is 2.31. The standard InChI is InChI=1S/C12H12ClN3S/c1-8-5-9(7-14)6-11(16-8)17-12-10(13)3-2-4-15-12/h2-6H,7,14H2,1H3. The zero-order chi connectivity index (χ0) is 12.3. The molecule has 0 unspecified atom stereocenters. The van der Waals surface area contributed by atoms with E-state index >= 15 is 0 Å². The second-order valence-corrected chi connectivity index (χ2v) is 4.97. The van der Waals surface area contributed by atoms with Crippen molar-refractivity contribution in [3.05, 3.63) is 46.7 Å². The Kier molecular flexibility index (Phi) is 3.99. The summed E-state index contributed by atoms with van der Waals surface area (Å²) in [5.41, 5.74) is 7.64. The summed E-state index contributed by atoms with van der Waals surface area (Å²) in [6, 6.07) is 7.56. The molecule has 2 N–H and O–H groups in total. The van der Waals surface area contributed by atoms with Crippen LogP contribution in [0, 0.1) is 6.92 Å². The molecule has 0 bridgehead atoms. The zero-order valence-electron chi connectivity index (χ0n) is 9.35. The smallest absolute Gasteiger partial charge is 0.121 e. The van der Waals surface area contributed by atoms with Gasteiger partial charge in [0.05, 0.1) is 5.02 Å². The highest BCUT2D eigenvalue weighted by molar-refractivity contribution is 7.99. The fourth-order valence-corrected chi connectivity index (χ4v) is 2.54. The monoisotopic (exact) mass is 265 g/mol. The van der Waals surface area contributed by atoms with Gasteiger partial charge in [0.15, 0.2) is 0 Å². The normalized spacial score (nSPS) is 10.5. The number of hydrogen-bond donors (Lipinski definition) is 1. The van der Waals surface area contributed by atoms with Crippen molar-refractivity contribution in [3.8, 4) is 0 Å². The van der Waals surface area contributed by atoms with Crippen LogP contribution in [0.4, 0.5) is 0 Å². The summed E-state index contributed by atoms with van der Waals surface area (Å²) in [4.78, 5) is 8.65. The second-order valence-electron chi connectivity index (χ2n) is 3.55. The summed E-state index contributed by atoms with van der Waals surface area (Å²) < 4.78 is 0. The van der Waals surface area contributed by atoms with E-state index in [4.69, 9.17) is 17.3 Å². The van der Waals surface area contributed by atoms with E-state index < -0.39 is 0 Å². The van der Waals surface area contributed by atoms with E-state index in [9.17, 15) is 0 Å². The van der Waals surface area contributed by atoms with Gasteiger partial charge in [-0.25, -0.2) is 9.97 Å². The molecule has 2 rings (SSSR count). The molecule has 0 radical (unpaired) electrons. The molecule has 2 aromatic rings. The van der Waals surface area contributed by atoms with Crippen molar-refractivity contribution in [1.29, 1.82) is 0 Å². The Labute approximate surface area is 109 Å². The van der Waals surface area contributed by atoms with Crippen molar-refractivity contribution in [2.24, 2.45) is 5.73 Å². The molecule has 5 heteroatoms. The minimum absolute atomic E-state index is 0.507. The van der Waals surface area contributed by atoms with E-state index in [2.05, 4.69) is 9.97 Å². The molecular formula is C12H12ClN3S. The Hall–Kier alpha value is -1.10. The van der Waals surface area contributed by atoms with Gasteiger partial charge >= 0.3 is 0 Å². The van der Waals surface area contributed by atoms with Gasteiger partial charge in [-0.15, -0.1) is 0 Å². The number of pyridine rings is 2. The zero-order valence-corrected chi connectivity index (χ0v) is 10.9. The van der Waals surface area contributed by atoms with Gasteiger partial charge in [-0.1, -0.05) is 11.6 Å². The minimum atomic E-state index is 0.507. The molecule has 2 heterocycles. The minimum Gasteiger partial charge on any atom is -0.326 e. The van der Waals surface area contributed by atoms with Gasteiger partial charge in [-0.2, -0.15) is 0 Å². The third-order valence-corrected chi connectivity index (χ3v) is 3.51. The van der Waals surface area contributed by atoms with Gasteiger partial charge in [0.1, 0.15) is 10.1 Å². The molecule has 0 amide bonds. The molecule has 0 saturated heterocycles. The number of aromatic nitrogens is 2. The number of hydrogen-bond acceptors (Lipinski definition) is 4. The third-order valence-electron chi connectivity index (χ3n) is 2.15. The maximum atomic E-state index is 6.05. The van der Waals surface area contributed by atoms with E-state index in [1.54, 1.807) is 12.3 Å². The Morgan fingerprint density at radius 2 is 2.24 bits per heavy atom. The fraction of sp³-hybridized carbons (Fsp3) is 0.167. The van der Waals surface area contributed by atoms with E-state index in [-0.39, 0.29) is 0 Å². The van der Waals surface area contributed by atoms with Crippen molar-refractivity contribution in [2.75, 3.05) is 0 Å². The first kappa shape index (κ1) is 12.4. The van der Waals surface area contributed by atoms with Crippen LogP contribution < -0.4 is 5.73 Å². The molecule has 0 atom stereocenters. The Morgan fingerprint density at radius 3 is 2.94 bits per heavy atom. The van der Waals surface area contributed by atoms with Crippen LogP contribution in [-0.4, -0.2) is 9.97 Å². The first-order valence-corrected chi connectivity index (χ1v) is 6.34.